The zero-order valence-electron chi connectivity index (χ0n) is 14.0. The van der Waals surface area contributed by atoms with Gasteiger partial charge in [0, 0.05) is 49.7 Å². The van der Waals surface area contributed by atoms with Crippen molar-refractivity contribution in [3.63, 3.8) is 0 Å². The van der Waals surface area contributed by atoms with Crippen LogP contribution < -0.4 is 0 Å². The number of rotatable bonds is 3. The molecule has 0 aliphatic carbocycles. The van der Waals surface area contributed by atoms with Crippen LogP contribution in [0.25, 0.3) is 11.4 Å². The fourth-order valence-electron chi connectivity index (χ4n) is 3.79. The molecule has 4 rings (SSSR count). The smallest absolute Gasteiger partial charge is 0.232 e. The van der Waals surface area contributed by atoms with Crippen molar-refractivity contribution in [3.05, 3.63) is 30.4 Å². The van der Waals surface area contributed by atoms with E-state index in [0.717, 1.165) is 18.4 Å². The van der Waals surface area contributed by atoms with Crippen LogP contribution in [0.2, 0.25) is 0 Å². The topological polar surface area (TPSA) is 98.4 Å². The van der Waals surface area contributed by atoms with Gasteiger partial charge in [0.05, 0.1) is 12.2 Å². The molecule has 0 amide bonds. The molecule has 2 aromatic rings. The summed E-state index contributed by atoms with van der Waals surface area (Å²) in [5, 5.41) is 4.07. The number of pyridine rings is 1. The van der Waals surface area contributed by atoms with Crippen molar-refractivity contribution in [2.45, 2.75) is 18.8 Å². The van der Waals surface area contributed by atoms with Crippen molar-refractivity contribution >= 4 is 10.0 Å². The number of hydrogen-bond donors (Lipinski definition) is 0. The molecule has 1 spiro atoms. The minimum absolute atomic E-state index is 0.121. The molecule has 2 aliphatic rings. The summed E-state index contributed by atoms with van der Waals surface area (Å²) in [6.45, 7) is 2.09. The zero-order chi connectivity index (χ0) is 17.5. The third-order valence-electron chi connectivity index (χ3n) is 5.23. The maximum absolute atomic E-state index is 12.1. The van der Waals surface area contributed by atoms with Crippen LogP contribution in [-0.4, -0.2) is 60.4 Å². The van der Waals surface area contributed by atoms with Gasteiger partial charge in [-0.1, -0.05) is 5.16 Å². The maximum Gasteiger partial charge on any atom is 0.232 e. The quantitative estimate of drug-likeness (QED) is 0.809. The average molecular weight is 364 g/mol. The Morgan fingerprint density at radius 2 is 2.12 bits per heavy atom. The minimum atomic E-state index is -3.27. The highest BCUT2D eigenvalue weighted by molar-refractivity contribution is 7.88. The summed E-state index contributed by atoms with van der Waals surface area (Å²) in [7, 11) is -3.27. The molecule has 2 aromatic heterocycles. The number of nitrogens with zero attached hydrogens (tertiary/aromatic N) is 4. The van der Waals surface area contributed by atoms with E-state index in [2.05, 4.69) is 15.1 Å². The largest absolute Gasteiger partial charge is 0.381 e. The Labute approximate surface area is 146 Å². The van der Waals surface area contributed by atoms with Gasteiger partial charge in [0.1, 0.15) is 0 Å². The van der Waals surface area contributed by atoms with Gasteiger partial charge in [-0.05, 0) is 25.0 Å². The monoisotopic (exact) mass is 364 g/mol. The van der Waals surface area contributed by atoms with E-state index in [-0.39, 0.29) is 11.3 Å². The Balaban J connectivity index is 1.68. The fraction of sp³-hybridized carbons (Fsp3) is 0.562. The first-order chi connectivity index (χ1) is 12.0. The maximum atomic E-state index is 12.1. The summed E-state index contributed by atoms with van der Waals surface area (Å²) in [5.74, 6) is 0.846. The van der Waals surface area contributed by atoms with E-state index in [4.69, 9.17) is 9.26 Å². The average Bonchev–Trinajstić information content (AvgIpc) is 3.21. The molecule has 0 aromatic carbocycles. The standard InChI is InChI=1S/C16H20N4O4S/c1-25(21,22)20-10-13(16(11-20)4-7-23-8-5-16)15-18-14(19-24-15)12-3-2-6-17-9-12/h2-3,6,9,13H,4-5,7-8,10-11H2,1H3. The molecule has 0 N–H and O–H groups in total. The lowest BCUT2D eigenvalue weighted by molar-refractivity contribution is 0.0104. The third-order valence-corrected chi connectivity index (χ3v) is 6.45. The molecule has 0 radical (unpaired) electrons. The summed E-state index contributed by atoms with van der Waals surface area (Å²) in [4.78, 5) is 8.62. The molecule has 4 heterocycles. The van der Waals surface area contributed by atoms with Gasteiger partial charge in [-0.2, -0.15) is 4.98 Å². The summed E-state index contributed by atoms with van der Waals surface area (Å²) < 4.78 is 36.7. The predicted molar refractivity (Wildman–Crippen MR) is 89.2 cm³/mol. The normalized spacial score (nSPS) is 24.0. The zero-order valence-corrected chi connectivity index (χ0v) is 14.8. The summed E-state index contributed by atoms with van der Waals surface area (Å²) in [6, 6.07) is 3.68. The summed E-state index contributed by atoms with van der Waals surface area (Å²) in [6.07, 6.45) is 6.18. The molecular formula is C16H20N4O4S. The predicted octanol–water partition coefficient (Wildman–Crippen LogP) is 1.29. The lowest BCUT2D eigenvalue weighted by Gasteiger charge is -2.36. The van der Waals surface area contributed by atoms with Gasteiger partial charge in [-0.3, -0.25) is 4.98 Å². The van der Waals surface area contributed by atoms with E-state index >= 15 is 0 Å². The first kappa shape index (κ1) is 16.6. The molecule has 8 nitrogen and oxygen atoms in total. The van der Waals surface area contributed by atoms with Gasteiger partial charge in [0.25, 0.3) is 0 Å². The highest BCUT2D eigenvalue weighted by atomic mass is 32.2. The second kappa shape index (κ2) is 6.15. The van der Waals surface area contributed by atoms with Gasteiger partial charge in [0.15, 0.2) is 0 Å². The Bertz CT molecular complexity index is 846. The second-order valence-electron chi connectivity index (χ2n) is 6.78. The Morgan fingerprint density at radius 3 is 2.80 bits per heavy atom. The van der Waals surface area contributed by atoms with Crippen LogP contribution in [0.1, 0.15) is 24.7 Å². The lowest BCUT2D eigenvalue weighted by Crippen LogP contribution is -2.37. The van der Waals surface area contributed by atoms with E-state index in [1.54, 1.807) is 12.4 Å². The number of ether oxygens (including phenoxy) is 1. The second-order valence-corrected chi connectivity index (χ2v) is 8.76. The molecular weight excluding hydrogens is 344 g/mol. The van der Waals surface area contributed by atoms with Crippen LogP contribution in [0.4, 0.5) is 0 Å². The van der Waals surface area contributed by atoms with Crippen LogP contribution in [0.15, 0.2) is 29.0 Å². The lowest BCUT2D eigenvalue weighted by atomic mass is 9.72. The van der Waals surface area contributed by atoms with E-state index in [0.29, 0.717) is 38.0 Å². The van der Waals surface area contributed by atoms with Gasteiger partial charge in [0.2, 0.25) is 21.7 Å². The first-order valence-electron chi connectivity index (χ1n) is 8.25. The van der Waals surface area contributed by atoms with E-state index in [9.17, 15) is 8.42 Å². The Hall–Kier alpha value is -1.84. The molecule has 2 fully saturated rings. The number of aromatic nitrogens is 3. The SMILES string of the molecule is CS(=O)(=O)N1CC(c2nc(-c3cccnc3)no2)C2(CCOCC2)C1. The molecule has 1 unspecified atom stereocenters. The summed E-state index contributed by atoms with van der Waals surface area (Å²) >= 11 is 0. The highest BCUT2D eigenvalue weighted by Gasteiger charge is 2.52. The van der Waals surface area contributed by atoms with E-state index in [1.807, 2.05) is 12.1 Å². The van der Waals surface area contributed by atoms with Crippen LogP contribution >= 0.6 is 0 Å². The summed E-state index contributed by atoms with van der Waals surface area (Å²) in [5.41, 5.74) is 0.566. The van der Waals surface area contributed by atoms with Gasteiger partial charge >= 0.3 is 0 Å². The fourth-order valence-corrected chi connectivity index (χ4v) is 4.70. The van der Waals surface area contributed by atoms with Crippen molar-refractivity contribution in [2.75, 3.05) is 32.6 Å². The van der Waals surface area contributed by atoms with Crippen molar-refractivity contribution in [1.29, 1.82) is 0 Å². The molecule has 134 valence electrons. The highest BCUT2D eigenvalue weighted by Crippen LogP contribution is 2.49. The number of sulfonamides is 1. The molecule has 1 atom stereocenters. The minimum Gasteiger partial charge on any atom is -0.381 e. The molecule has 0 bridgehead atoms. The van der Waals surface area contributed by atoms with E-state index in [1.165, 1.54) is 10.6 Å². The Morgan fingerprint density at radius 1 is 1.32 bits per heavy atom. The van der Waals surface area contributed by atoms with Gasteiger partial charge in [-0.15, -0.1) is 0 Å². The Kier molecular flexibility index (Phi) is 4.09. The van der Waals surface area contributed by atoms with Crippen LogP contribution in [0.5, 0.6) is 0 Å². The number of hydrogen-bond acceptors (Lipinski definition) is 7. The third kappa shape index (κ3) is 3.07. The van der Waals surface area contributed by atoms with Crippen molar-refractivity contribution in [3.8, 4) is 11.4 Å². The van der Waals surface area contributed by atoms with Gasteiger partial charge < -0.3 is 9.26 Å². The molecule has 25 heavy (non-hydrogen) atoms. The van der Waals surface area contributed by atoms with Crippen molar-refractivity contribution in [2.24, 2.45) is 5.41 Å². The van der Waals surface area contributed by atoms with E-state index < -0.39 is 10.0 Å². The molecule has 0 saturated carbocycles. The first-order valence-corrected chi connectivity index (χ1v) is 10.1. The van der Waals surface area contributed by atoms with Crippen LogP contribution in [0, 0.1) is 5.41 Å². The molecule has 9 heteroatoms. The van der Waals surface area contributed by atoms with Crippen LogP contribution in [-0.2, 0) is 14.8 Å². The van der Waals surface area contributed by atoms with Crippen molar-refractivity contribution in [1.82, 2.24) is 19.4 Å². The van der Waals surface area contributed by atoms with Crippen molar-refractivity contribution < 1.29 is 17.7 Å². The van der Waals surface area contributed by atoms with Crippen LogP contribution in [0.3, 0.4) is 0 Å². The molecule has 2 saturated heterocycles. The molecule has 2 aliphatic heterocycles. The van der Waals surface area contributed by atoms with Gasteiger partial charge in [-0.25, -0.2) is 12.7 Å².